The van der Waals surface area contributed by atoms with Crippen molar-refractivity contribution in [1.82, 2.24) is 10.6 Å². The predicted molar refractivity (Wildman–Crippen MR) is 113 cm³/mol. The van der Waals surface area contributed by atoms with Crippen LogP contribution in [0.1, 0.15) is 23.7 Å². The van der Waals surface area contributed by atoms with Gasteiger partial charge in [-0.1, -0.05) is 6.07 Å². The lowest BCUT2D eigenvalue weighted by molar-refractivity contribution is -0.139. The van der Waals surface area contributed by atoms with Crippen molar-refractivity contribution in [3.63, 3.8) is 0 Å². The molecule has 1 aromatic carbocycles. The maximum Gasteiger partial charge on any atom is 0.322 e. The van der Waals surface area contributed by atoms with Crippen molar-refractivity contribution in [2.75, 3.05) is 12.3 Å². The summed E-state index contributed by atoms with van der Waals surface area (Å²) < 4.78 is 0. The molecule has 0 fully saturated rings. The van der Waals surface area contributed by atoms with E-state index in [4.69, 9.17) is 21.2 Å². The fourth-order valence-corrected chi connectivity index (χ4v) is 3.46. The molecular formula is C18H24N4O9S. The molecule has 0 aliphatic heterocycles. The van der Waals surface area contributed by atoms with Crippen molar-refractivity contribution in [1.29, 1.82) is 0 Å². The van der Waals surface area contributed by atoms with Gasteiger partial charge in [0.25, 0.3) is 0 Å². The van der Waals surface area contributed by atoms with E-state index in [1.807, 2.05) is 0 Å². The summed E-state index contributed by atoms with van der Waals surface area (Å²) in [4.78, 5) is 46.0. The Hall–Kier alpha value is -3.52. The largest absolute Gasteiger partial charge is 0.504 e. The van der Waals surface area contributed by atoms with E-state index >= 15 is 0 Å². The number of hydrogen-bond acceptors (Lipinski definition) is 10. The monoisotopic (exact) mass is 472 g/mol. The molecule has 0 heterocycles. The Morgan fingerprint density at radius 2 is 1.84 bits per heavy atom. The van der Waals surface area contributed by atoms with Crippen LogP contribution in [0.25, 0.3) is 0 Å². The topological polar surface area (TPSA) is 232 Å². The summed E-state index contributed by atoms with van der Waals surface area (Å²) in [5.41, 5.74) is 5.76. The number of benzene rings is 1. The van der Waals surface area contributed by atoms with Gasteiger partial charge < -0.3 is 42.0 Å². The number of aromatic hydroxyl groups is 2. The first-order valence-electron chi connectivity index (χ1n) is 9.13. The maximum atomic E-state index is 12.4. The van der Waals surface area contributed by atoms with Gasteiger partial charge in [-0.2, -0.15) is 0 Å². The molecule has 1 rings (SSSR count). The summed E-state index contributed by atoms with van der Waals surface area (Å²) in [5.74, 6) is -4.95. The minimum absolute atomic E-state index is 0.111. The number of phenolic OH excluding ortho intramolecular Hbond substituents is 2. The van der Waals surface area contributed by atoms with Gasteiger partial charge in [0.15, 0.2) is 11.5 Å². The number of carbonyl (C=O) groups is 4. The fourth-order valence-electron chi connectivity index (χ4n) is 2.35. The van der Waals surface area contributed by atoms with Gasteiger partial charge >= 0.3 is 11.9 Å². The van der Waals surface area contributed by atoms with E-state index in [9.17, 15) is 29.4 Å². The molecule has 0 radical (unpaired) electrons. The molecule has 2 amide bonds. The van der Waals surface area contributed by atoms with Crippen molar-refractivity contribution in [3.8, 4) is 11.5 Å². The van der Waals surface area contributed by atoms with E-state index in [1.54, 1.807) is 0 Å². The summed E-state index contributed by atoms with van der Waals surface area (Å²) in [6.07, 6.45) is 0.634. The van der Waals surface area contributed by atoms with Crippen LogP contribution in [0, 0.1) is 0 Å². The van der Waals surface area contributed by atoms with Crippen LogP contribution in [-0.4, -0.2) is 80.0 Å². The van der Waals surface area contributed by atoms with Crippen molar-refractivity contribution in [2.24, 2.45) is 10.9 Å². The SMILES string of the molecule is N[C@@H](CCC(=O)N[C@@H](CSC(/C=N/O)c1ccc(O)c(O)c1)C(=O)NCC(=O)O)C(=O)O. The van der Waals surface area contributed by atoms with Crippen molar-refractivity contribution in [2.45, 2.75) is 30.2 Å². The van der Waals surface area contributed by atoms with Gasteiger partial charge in [0, 0.05) is 12.2 Å². The summed E-state index contributed by atoms with van der Waals surface area (Å²) in [5, 5.41) is 52.3. The number of carbonyl (C=O) groups excluding carboxylic acids is 2. The first-order valence-corrected chi connectivity index (χ1v) is 10.2. The van der Waals surface area contributed by atoms with Crippen LogP contribution >= 0.6 is 11.8 Å². The zero-order valence-electron chi connectivity index (χ0n) is 16.7. The average molecular weight is 472 g/mol. The number of rotatable bonds is 13. The zero-order valence-corrected chi connectivity index (χ0v) is 17.5. The summed E-state index contributed by atoms with van der Waals surface area (Å²) >= 11 is 1.01. The molecule has 3 atom stereocenters. The van der Waals surface area contributed by atoms with E-state index in [0.29, 0.717) is 5.56 Å². The molecule has 1 aromatic rings. The molecule has 176 valence electrons. The molecule has 13 nitrogen and oxygen atoms in total. The molecule has 0 aliphatic carbocycles. The third-order valence-corrected chi connectivity index (χ3v) is 5.32. The van der Waals surface area contributed by atoms with Crippen LogP contribution in [-0.2, 0) is 19.2 Å². The summed E-state index contributed by atoms with van der Waals surface area (Å²) in [6.45, 7) is -0.687. The number of phenols is 2. The number of nitrogens with one attached hydrogen (secondary N) is 2. The molecule has 0 spiro atoms. The lowest BCUT2D eigenvalue weighted by Gasteiger charge is -2.20. The number of carboxylic acid groups (broad SMARTS) is 2. The number of carboxylic acids is 2. The second kappa shape index (κ2) is 13.0. The highest BCUT2D eigenvalue weighted by molar-refractivity contribution is 8.00. The van der Waals surface area contributed by atoms with Gasteiger partial charge in [0.2, 0.25) is 11.8 Å². The first-order chi connectivity index (χ1) is 15.0. The lowest BCUT2D eigenvalue weighted by atomic mass is 10.1. The van der Waals surface area contributed by atoms with Crippen molar-refractivity contribution < 1.29 is 44.8 Å². The van der Waals surface area contributed by atoms with Gasteiger partial charge in [-0.15, -0.1) is 16.9 Å². The highest BCUT2D eigenvalue weighted by atomic mass is 32.2. The van der Waals surface area contributed by atoms with Gasteiger partial charge in [0.05, 0.1) is 11.5 Å². The van der Waals surface area contributed by atoms with Crippen molar-refractivity contribution in [3.05, 3.63) is 23.8 Å². The quantitative estimate of drug-likeness (QED) is 0.0766. The maximum absolute atomic E-state index is 12.4. The number of thioether (sulfide) groups is 1. The van der Waals surface area contributed by atoms with Gasteiger partial charge in [0.1, 0.15) is 18.6 Å². The van der Waals surface area contributed by atoms with Crippen LogP contribution in [0.4, 0.5) is 0 Å². The Morgan fingerprint density at radius 3 is 2.41 bits per heavy atom. The number of nitrogens with two attached hydrogens (primary N) is 1. The molecule has 0 bridgehead atoms. The molecular weight excluding hydrogens is 448 g/mol. The summed E-state index contributed by atoms with van der Waals surface area (Å²) in [7, 11) is 0. The number of oxime groups is 1. The van der Waals surface area contributed by atoms with Gasteiger partial charge in [-0.3, -0.25) is 19.2 Å². The Kier molecular flexibility index (Phi) is 10.8. The Balaban J connectivity index is 2.90. The van der Waals surface area contributed by atoms with Gasteiger partial charge in [-0.25, -0.2) is 0 Å². The summed E-state index contributed by atoms with van der Waals surface area (Å²) in [6, 6.07) is 1.41. The Morgan fingerprint density at radius 1 is 1.16 bits per heavy atom. The molecule has 9 N–H and O–H groups in total. The van der Waals surface area contributed by atoms with Crippen LogP contribution in [0.15, 0.2) is 23.4 Å². The lowest BCUT2D eigenvalue weighted by Crippen LogP contribution is -2.49. The fraction of sp³-hybridized carbons (Fsp3) is 0.389. The first kappa shape index (κ1) is 26.5. The van der Waals surface area contributed by atoms with Crippen LogP contribution < -0.4 is 16.4 Å². The smallest absolute Gasteiger partial charge is 0.322 e. The zero-order chi connectivity index (χ0) is 24.3. The highest BCUT2D eigenvalue weighted by Crippen LogP contribution is 2.33. The highest BCUT2D eigenvalue weighted by Gasteiger charge is 2.24. The van der Waals surface area contributed by atoms with Crippen LogP contribution in [0.5, 0.6) is 11.5 Å². The van der Waals surface area contributed by atoms with Crippen LogP contribution in [0.3, 0.4) is 0 Å². The number of hydrogen-bond donors (Lipinski definition) is 8. The Labute approximate surface area is 186 Å². The Bertz CT molecular complexity index is 865. The number of nitrogens with zero attached hydrogens (tertiary/aromatic N) is 1. The van der Waals surface area contributed by atoms with E-state index in [2.05, 4.69) is 15.8 Å². The molecule has 32 heavy (non-hydrogen) atoms. The van der Waals surface area contributed by atoms with Gasteiger partial charge in [-0.05, 0) is 24.1 Å². The second-order valence-corrected chi connectivity index (χ2v) is 7.66. The molecule has 0 aliphatic rings. The molecule has 0 aromatic heterocycles. The average Bonchev–Trinajstić information content (AvgIpc) is 2.73. The van der Waals surface area contributed by atoms with E-state index in [1.165, 1.54) is 18.2 Å². The van der Waals surface area contributed by atoms with E-state index in [-0.39, 0.29) is 24.3 Å². The predicted octanol–water partition coefficient (Wildman–Crippen LogP) is -0.790. The molecule has 1 unspecified atom stereocenters. The minimum Gasteiger partial charge on any atom is -0.504 e. The minimum atomic E-state index is -1.30. The second-order valence-electron chi connectivity index (χ2n) is 6.48. The van der Waals surface area contributed by atoms with Crippen molar-refractivity contribution >= 4 is 41.7 Å². The third kappa shape index (κ3) is 9.09. The molecule has 0 saturated carbocycles. The van der Waals surface area contributed by atoms with E-state index < -0.39 is 53.4 Å². The number of amides is 2. The van der Waals surface area contributed by atoms with Crippen LogP contribution in [0.2, 0.25) is 0 Å². The third-order valence-electron chi connectivity index (χ3n) is 4.04. The molecule has 14 heteroatoms. The number of aliphatic carboxylic acids is 2. The normalized spacial score (nSPS) is 13.8. The van der Waals surface area contributed by atoms with E-state index in [0.717, 1.165) is 18.0 Å². The molecule has 0 saturated heterocycles. The standard InChI is InChI=1S/C18H24N4O9S/c19-10(18(29)30)2-4-15(25)22-11(17(28)20-7-16(26)27)8-32-14(6-21-31)9-1-3-12(23)13(24)5-9/h1,3,5-6,10-11,14,23-24,31H,2,4,7-8,19H2,(H,20,28)(H,22,25)(H,26,27)(H,29,30)/b21-6+/t10-,11-,14?/m0/s1.